The van der Waals surface area contributed by atoms with E-state index in [-0.39, 0.29) is 29.3 Å². The third-order valence-corrected chi connectivity index (χ3v) is 10.8. The second-order valence-corrected chi connectivity index (χ2v) is 15.3. The van der Waals surface area contributed by atoms with Crippen LogP contribution in [0, 0.1) is 5.92 Å². The summed E-state index contributed by atoms with van der Waals surface area (Å²) in [4.78, 5) is 33.2. The van der Waals surface area contributed by atoms with Crippen LogP contribution in [0.3, 0.4) is 0 Å². The van der Waals surface area contributed by atoms with E-state index in [9.17, 15) is 18.0 Å². The zero-order valence-electron chi connectivity index (χ0n) is 23.8. The van der Waals surface area contributed by atoms with Crippen LogP contribution in [0.4, 0.5) is 16.2 Å². The molecule has 0 spiro atoms. The molecular weight excluding hydrogens is 560 g/mol. The Morgan fingerprint density at radius 3 is 2.32 bits per heavy atom. The molecule has 0 radical (unpaired) electrons. The smallest absolute Gasteiger partial charge is 0.408 e. The van der Waals surface area contributed by atoms with Crippen LogP contribution in [0.1, 0.15) is 39.2 Å². The van der Waals surface area contributed by atoms with Crippen molar-refractivity contribution in [3.8, 4) is 0 Å². The lowest BCUT2D eigenvalue weighted by Crippen LogP contribution is -2.39. The van der Waals surface area contributed by atoms with Crippen molar-refractivity contribution < 1.29 is 22.7 Å². The average molecular weight is 599 g/mol. The van der Waals surface area contributed by atoms with E-state index in [2.05, 4.69) is 57.7 Å². The number of nitrogens with zero attached hydrogens (tertiary/aromatic N) is 3. The van der Waals surface area contributed by atoms with Crippen molar-refractivity contribution in [3.63, 3.8) is 0 Å². The number of rotatable bonds is 6. The molecule has 2 amide bonds. The van der Waals surface area contributed by atoms with Gasteiger partial charge >= 0.3 is 6.09 Å². The first-order chi connectivity index (χ1) is 19.5. The van der Waals surface area contributed by atoms with Gasteiger partial charge < -0.3 is 19.9 Å². The molecule has 41 heavy (non-hydrogen) atoms. The highest BCUT2D eigenvalue weighted by molar-refractivity contribution is 8.16. The first-order valence-electron chi connectivity index (χ1n) is 14.1. The van der Waals surface area contributed by atoms with Crippen molar-refractivity contribution in [1.29, 1.82) is 0 Å². The number of nitrogens with one attached hydrogen (secondary N) is 1. The number of piperidine rings is 1. The number of amides is 2. The van der Waals surface area contributed by atoms with E-state index in [0.717, 1.165) is 43.7 Å². The van der Waals surface area contributed by atoms with Crippen molar-refractivity contribution in [2.75, 3.05) is 40.9 Å². The van der Waals surface area contributed by atoms with E-state index in [0.29, 0.717) is 11.1 Å². The van der Waals surface area contributed by atoms with Gasteiger partial charge in [-0.2, -0.15) is 4.99 Å². The predicted octanol–water partition coefficient (Wildman–Crippen LogP) is 4.27. The molecule has 2 aromatic rings. The van der Waals surface area contributed by atoms with Crippen LogP contribution in [0.15, 0.2) is 59.6 Å². The van der Waals surface area contributed by atoms with Gasteiger partial charge in [-0.15, -0.1) is 0 Å². The number of alkyl carbamates (subject to hydrolysis) is 1. The molecule has 3 heterocycles. The first-order valence-corrected chi connectivity index (χ1v) is 16.8. The zero-order valence-corrected chi connectivity index (χ0v) is 25.4. The quantitative estimate of drug-likeness (QED) is 0.525. The van der Waals surface area contributed by atoms with Gasteiger partial charge in [0.1, 0.15) is 12.1 Å². The van der Waals surface area contributed by atoms with Crippen LogP contribution in [-0.4, -0.2) is 73.6 Å². The second kappa shape index (κ2) is 12.1. The molecule has 3 aliphatic rings. The van der Waals surface area contributed by atoms with E-state index in [4.69, 9.17) is 4.74 Å². The van der Waals surface area contributed by atoms with Crippen LogP contribution >= 0.6 is 11.8 Å². The maximum atomic E-state index is 12.7. The standard InChI is InChI=1S/C30H38N4O5S2/c1-30(2,3)39-29(36)31-18-27(35)32-28-34(25-19-41(37,38)20-26(25)40-28)24-11-9-23(10-12-24)33-15-13-22(14-16-33)17-21-7-5-4-6-8-21/h4-12,22,25-26H,13-20H2,1-3H3,(H,31,36). The molecule has 2 atom stereocenters. The molecule has 0 saturated carbocycles. The molecule has 3 aliphatic heterocycles. The van der Waals surface area contributed by atoms with Crippen molar-refractivity contribution >= 4 is 50.1 Å². The number of fused-ring (bicyclic) bond motifs is 1. The van der Waals surface area contributed by atoms with Gasteiger partial charge in [-0.25, -0.2) is 13.2 Å². The zero-order chi connectivity index (χ0) is 29.2. The Morgan fingerprint density at radius 2 is 1.66 bits per heavy atom. The van der Waals surface area contributed by atoms with Gasteiger partial charge in [-0.05, 0) is 75.8 Å². The summed E-state index contributed by atoms with van der Waals surface area (Å²) in [6.07, 6.45) is 2.69. The maximum absolute atomic E-state index is 12.7. The Bertz CT molecular complexity index is 1380. The van der Waals surface area contributed by atoms with E-state index in [1.807, 2.05) is 17.0 Å². The van der Waals surface area contributed by atoms with Crippen LogP contribution in [0.2, 0.25) is 0 Å². The molecule has 3 saturated heterocycles. The topological polar surface area (TPSA) is 108 Å². The van der Waals surface area contributed by atoms with Crippen LogP contribution in [0.25, 0.3) is 0 Å². The molecular formula is C30H38N4O5S2. The highest BCUT2D eigenvalue weighted by Gasteiger charge is 2.49. The van der Waals surface area contributed by atoms with Crippen molar-refractivity contribution in [3.05, 3.63) is 60.2 Å². The summed E-state index contributed by atoms with van der Waals surface area (Å²) in [6.45, 7) is 6.91. The number of aliphatic imine (C=N–C) groups is 1. The summed E-state index contributed by atoms with van der Waals surface area (Å²) < 4.78 is 30.0. The summed E-state index contributed by atoms with van der Waals surface area (Å²) in [5.74, 6) is 0.223. The molecule has 0 aliphatic carbocycles. The number of amidine groups is 1. The van der Waals surface area contributed by atoms with Crippen molar-refractivity contribution in [1.82, 2.24) is 5.32 Å². The lowest BCUT2D eigenvalue weighted by atomic mass is 9.90. The van der Waals surface area contributed by atoms with Crippen LogP contribution in [-0.2, 0) is 25.8 Å². The lowest BCUT2D eigenvalue weighted by Gasteiger charge is -2.34. The molecule has 2 unspecified atom stereocenters. The minimum Gasteiger partial charge on any atom is -0.444 e. The molecule has 5 rings (SSSR count). The highest BCUT2D eigenvalue weighted by atomic mass is 32.2. The number of benzene rings is 2. The van der Waals surface area contributed by atoms with Crippen molar-refractivity contribution in [2.24, 2.45) is 10.9 Å². The number of carbonyl (C=O) groups excluding carboxylic acids is 2. The third-order valence-electron chi connectivity index (χ3n) is 7.54. The number of carbonyl (C=O) groups is 2. The average Bonchev–Trinajstić information content (AvgIpc) is 3.38. The van der Waals surface area contributed by atoms with Gasteiger partial charge in [0.15, 0.2) is 15.0 Å². The molecule has 220 valence electrons. The first kappa shape index (κ1) is 29.4. The number of anilines is 2. The van der Waals surface area contributed by atoms with Gasteiger partial charge in [0.2, 0.25) is 0 Å². The Morgan fingerprint density at radius 1 is 1.00 bits per heavy atom. The number of sulfone groups is 1. The summed E-state index contributed by atoms with van der Waals surface area (Å²) in [5.41, 5.74) is 2.65. The Balaban J connectivity index is 1.25. The number of hydrogen-bond donors (Lipinski definition) is 1. The van der Waals surface area contributed by atoms with Gasteiger partial charge in [0.25, 0.3) is 5.91 Å². The Kier molecular flexibility index (Phi) is 8.65. The fraction of sp³-hybridized carbons (Fsp3) is 0.500. The Labute approximate surface area is 246 Å². The van der Waals surface area contributed by atoms with Gasteiger partial charge in [0.05, 0.1) is 17.5 Å². The molecule has 0 bridgehead atoms. The van der Waals surface area contributed by atoms with E-state index in [1.165, 1.54) is 17.3 Å². The van der Waals surface area contributed by atoms with E-state index >= 15 is 0 Å². The van der Waals surface area contributed by atoms with E-state index in [1.54, 1.807) is 20.8 Å². The largest absolute Gasteiger partial charge is 0.444 e. The summed E-state index contributed by atoms with van der Waals surface area (Å²) in [5, 5.41) is 2.70. The number of ether oxygens (including phenoxy) is 1. The van der Waals surface area contributed by atoms with Crippen LogP contribution in [0.5, 0.6) is 0 Å². The van der Waals surface area contributed by atoms with Gasteiger partial charge in [-0.3, -0.25) is 4.79 Å². The highest BCUT2D eigenvalue weighted by Crippen LogP contribution is 2.41. The van der Waals surface area contributed by atoms with Crippen LogP contribution < -0.4 is 15.1 Å². The molecule has 11 heteroatoms. The molecule has 0 aromatic heterocycles. The van der Waals surface area contributed by atoms with Crippen molar-refractivity contribution in [2.45, 2.75) is 56.9 Å². The number of hydrogen-bond acceptors (Lipinski definition) is 7. The summed E-state index contributed by atoms with van der Waals surface area (Å²) >= 11 is 1.31. The second-order valence-electron chi connectivity index (χ2n) is 12.0. The summed E-state index contributed by atoms with van der Waals surface area (Å²) in [6, 6.07) is 18.5. The third kappa shape index (κ3) is 7.62. The minimum atomic E-state index is -3.17. The van der Waals surface area contributed by atoms with E-state index < -0.39 is 27.4 Å². The van der Waals surface area contributed by atoms with Gasteiger partial charge in [-0.1, -0.05) is 42.1 Å². The molecule has 9 nitrogen and oxygen atoms in total. The normalized spacial score (nSPS) is 23.4. The predicted molar refractivity (Wildman–Crippen MR) is 165 cm³/mol. The monoisotopic (exact) mass is 598 g/mol. The SMILES string of the molecule is CC(C)(C)OC(=O)NCC(=O)N=C1SC2CS(=O)(=O)CC2N1c1ccc(N2CCC(Cc3ccccc3)CC2)cc1. The lowest BCUT2D eigenvalue weighted by molar-refractivity contribution is -0.117. The molecule has 1 N–H and O–H groups in total. The molecule has 2 aromatic carbocycles. The van der Waals surface area contributed by atoms with Gasteiger partial charge in [0, 0.05) is 29.7 Å². The fourth-order valence-corrected chi connectivity index (χ4v) is 9.57. The number of thioether (sulfide) groups is 1. The summed E-state index contributed by atoms with van der Waals surface area (Å²) in [7, 11) is -3.17. The molecule has 3 fully saturated rings. The minimum absolute atomic E-state index is 0.0186. The fourth-order valence-electron chi connectivity index (χ4n) is 5.64. The Hall–Kier alpha value is -3.05. The maximum Gasteiger partial charge on any atom is 0.408 e.